The predicted molar refractivity (Wildman–Crippen MR) is 117 cm³/mol. The number of nitrogens with two attached hydrogens (primary N) is 1. The summed E-state index contributed by atoms with van der Waals surface area (Å²) >= 11 is 0. The molecule has 0 aromatic heterocycles. The van der Waals surface area contributed by atoms with Crippen molar-refractivity contribution in [3.8, 4) is 0 Å². The predicted octanol–water partition coefficient (Wildman–Crippen LogP) is 4.16. The number of nitrogens with zero attached hydrogens (tertiary/aromatic N) is 1. The maximum Gasteiger partial charge on any atom is 0.329 e. The SMILES string of the molecule is Nc1ccc(N(C(=O)NCC2CCC(COCC(=O)O)CC2)c2ccccc2)cc1F. The molecule has 0 radical (unpaired) electrons. The summed E-state index contributed by atoms with van der Waals surface area (Å²) in [6.45, 7) is 0.704. The summed E-state index contributed by atoms with van der Waals surface area (Å²) in [5.74, 6) is -0.847. The van der Waals surface area contributed by atoms with Crippen molar-refractivity contribution in [1.29, 1.82) is 0 Å². The number of para-hydroxylation sites is 1. The van der Waals surface area contributed by atoms with Crippen molar-refractivity contribution in [2.45, 2.75) is 25.7 Å². The van der Waals surface area contributed by atoms with E-state index in [2.05, 4.69) is 5.32 Å². The van der Waals surface area contributed by atoms with Gasteiger partial charge in [0.1, 0.15) is 12.4 Å². The summed E-state index contributed by atoms with van der Waals surface area (Å²) in [4.78, 5) is 25.0. The number of halogens is 1. The number of carboxylic acid groups (broad SMARTS) is 1. The lowest BCUT2D eigenvalue weighted by Crippen LogP contribution is -2.40. The fraction of sp³-hybridized carbons (Fsp3) is 0.391. The summed E-state index contributed by atoms with van der Waals surface area (Å²) in [6.07, 6.45) is 3.74. The van der Waals surface area contributed by atoms with Crippen molar-refractivity contribution in [2.24, 2.45) is 11.8 Å². The first-order chi connectivity index (χ1) is 14.9. The van der Waals surface area contributed by atoms with E-state index in [0.29, 0.717) is 36.4 Å². The summed E-state index contributed by atoms with van der Waals surface area (Å²) in [5, 5.41) is 11.6. The molecule has 2 aromatic rings. The van der Waals surface area contributed by atoms with Gasteiger partial charge in [-0.1, -0.05) is 18.2 Å². The van der Waals surface area contributed by atoms with Crippen molar-refractivity contribution in [1.82, 2.24) is 5.32 Å². The monoisotopic (exact) mass is 429 g/mol. The van der Waals surface area contributed by atoms with Crippen molar-refractivity contribution in [3.05, 3.63) is 54.3 Å². The van der Waals surface area contributed by atoms with Crippen molar-refractivity contribution in [3.63, 3.8) is 0 Å². The van der Waals surface area contributed by atoms with Gasteiger partial charge >= 0.3 is 12.0 Å². The van der Waals surface area contributed by atoms with Gasteiger partial charge in [-0.15, -0.1) is 0 Å². The number of nitrogens with one attached hydrogen (secondary N) is 1. The van der Waals surface area contributed by atoms with Crippen molar-refractivity contribution < 1.29 is 23.8 Å². The smallest absolute Gasteiger partial charge is 0.329 e. The number of ether oxygens (including phenoxy) is 1. The van der Waals surface area contributed by atoms with Crippen LogP contribution in [-0.4, -0.2) is 36.9 Å². The van der Waals surface area contributed by atoms with Crippen LogP contribution in [0.4, 0.5) is 26.2 Å². The maximum absolute atomic E-state index is 14.0. The van der Waals surface area contributed by atoms with Gasteiger partial charge in [-0.2, -0.15) is 0 Å². The second-order valence-corrected chi connectivity index (χ2v) is 7.86. The molecule has 0 unspecified atom stereocenters. The first-order valence-corrected chi connectivity index (χ1v) is 10.4. The quantitative estimate of drug-likeness (QED) is 0.547. The zero-order valence-corrected chi connectivity index (χ0v) is 17.3. The molecule has 0 atom stereocenters. The third-order valence-corrected chi connectivity index (χ3v) is 5.55. The van der Waals surface area contributed by atoms with E-state index in [0.717, 1.165) is 25.7 Å². The Bertz CT molecular complexity index is 886. The molecule has 1 aliphatic rings. The van der Waals surface area contributed by atoms with Crippen LogP contribution in [0.3, 0.4) is 0 Å². The van der Waals surface area contributed by atoms with Crippen LogP contribution in [0.5, 0.6) is 0 Å². The Balaban J connectivity index is 1.58. The Hall–Kier alpha value is -3.13. The number of nitrogen functional groups attached to an aromatic ring is 1. The number of benzene rings is 2. The Morgan fingerprint density at radius 1 is 1.06 bits per heavy atom. The van der Waals surface area contributed by atoms with E-state index >= 15 is 0 Å². The molecule has 2 aromatic carbocycles. The highest BCUT2D eigenvalue weighted by molar-refractivity contribution is 5.99. The summed E-state index contributed by atoms with van der Waals surface area (Å²) in [6, 6.07) is 13.0. The van der Waals surface area contributed by atoms with Crippen LogP contribution in [0, 0.1) is 17.7 Å². The normalized spacial score (nSPS) is 18.4. The topological polar surface area (TPSA) is 105 Å². The van der Waals surface area contributed by atoms with Crippen molar-refractivity contribution in [2.75, 3.05) is 30.4 Å². The van der Waals surface area contributed by atoms with Crippen LogP contribution < -0.4 is 16.0 Å². The zero-order valence-electron chi connectivity index (χ0n) is 17.3. The number of urea groups is 1. The van der Waals surface area contributed by atoms with Crippen LogP contribution in [0.15, 0.2) is 48.5 Å². The Kier molecular flexibility index (Phi) is 7.83. The molecule has 2 amide bonds. The van der Waals surface area contributed by atoms with Gasteiger partial charge in [0.2, 0.25) is 0 Å². The van der Waals surface area contributed by atoms with Gasteiger partial charge in [-0.3, -0.25) is 4.90 Å². The molecular formula is C23H28FN3O4. The maximum atomic E-state index is 14.0. The Morgan fingerprint density at radius 3 is 2.39 bits per heavy atom. The molecule has 0 spiro atoms. The van der Waals surface area contributed by atoms with E-state index in [1.807, 2.05) is 18.2 Å². The fourth-order valence-corrected chi connectivity index (χ4v) is 3.84. The molecule has 4 N–H and O–H groups in total. The molecular weight excluding hydrogens is 401 g/mol. The van der Waals surface area contributed by atoms with Gasteiger partial charge in [0.25, 0.3) is 0 Å². The molecule has 31 heavy (non-hydrogen) atoms. The number of rotatable bonds is 8. The van der Waals surface area contributed by atoms with Crippen LogP contribution in [0.2, 0.25) is 0 Å². The molecule has 1 saturated carbocycles. The summed E-state index contributed by atoms with van der Waals surface area (Å²) in [7, 11) is 0. The molecule has 3 rings (SSSR count). The van der Waals surface area contributed by atoms with E-state index in [1.165, 1.54) is 17.0 Å². The molecule has 8 heteroatoms. The van der Waals surface area contributed by atoms with Crippen LogP contribution in [-0.2, 0) is 9.53 Å². The van der Waals surface area contributed by atoms with E-state index in [-0.39, 0.29) is 18.3 Å². The van der Waals surface area contributed by atoms with Gasteiger partial charge in [0.05, 0.1) is 23.7 Å². The first kappa shape index (κ1) is 22.6. The minimum atomic E-state index is -0.958. The number of aliphatic carboxylic acids is 1. The van der Waals surface area contributed by atoms with E-state index in [9.17, 15) is 14.0 Å². The number of hydrogen-bond acceptors (Lipinski definition) is 4. The van der Waals surface area contributed by atoms with Crippen molar-refractivity contribution >= 4 is 29.1 Å². The minimum Gasteiger partial charge on any atom is -0.480 e. The van der Waals surface area contributed by atoms with E-state index in [4.69, 9.17) is 15.6 Å². The van der Waals surface area contributed by atoms with Crippen LogP contribution in [0.25, 0.3) is 0 Å². The highest BCUT2D eigenvalue weighted by atomic mass is 19.1. The molecule has 7 nitrogen and oxygen atoms in total. The highest BCUT2D eigenvalue weighted by Gasteiger charge is 2.24. The molecule has 0 aliphatic heterocycles. The number of amides is 2. The number of hydrogen-bond donors (Lipinski definition) is 3. The minimum absolute atomic E-state index is 0.0289. The zero-order chi connectivity index (χ0) is 22.2. The summed E-state index contributed by atoms with van der Waals surface area (Å²) < 4.78 is 19.2. The second kappa shape index (κ2) is 10.8. The molecule has 0 bridgehead atoms. The van der Waals surface area contributed by atoms with Gasteiger partial charge in [-0.25, -0.2) is 14.0 Å². The molecule has 166 valence electrons. The highest BCUT2D eigenvalue weighted by Crippen LogP contribution is 2.30. The fourth-order valence-electron chi connectivity index (χ4n) is 3.84. The number of carbonyl (C=O) groups is 2. The molecule has 0 heterocycles. The van der Waals surface area contributed by atoms with Gasteiger partial charge in [0.15, 0.2) is 0 Å². The van der Waals surface area contributed by atoms with Crippen LogP contribution >= 0.6 is 0 Å². The Morgan fingerprint density at radius 2 is 1.74 bits per heavy atom. The van der Waals surface area contributed by atoms with Gasteiger partial charge in [-0.05, 0) is 61.8 Å². The second-order valence-electron chi connectivity index (χ2n) is 7.86. The molecule has 1 aliphatic carbocycles. The molecule has 1 fully saturated rings. The average molecular weight is 429 g/mol. The standard InChI is InChI=1S/C23H28FN3O4/c24-20-12-19(10-11-21(20)25)27(18-4-2-1-3-5-18)23(30)26-13-16-6-8-17(9-7-16)14-31-15-22(28)29/h1-5,10-12,16-17H,6-9,13-15,25H2,(H,26,30)(H,28,29). The Labute approximate surface area is 181 Å². The number of anilines is 3. The largest absolute Gasteiger partial charge is 0.480 e. The van der Waals surface area contributed by atoms with Crippen LogP contribution in [0.1, 0.15) is 25.7 Å². The number of carbonyl (C=O) groups excluding carboxylic acids is 1. The first-order valence-electron chi connectivity index (χ1n) is 10.4. The molecule has 0 saturated heterocycles. The average Bonchev–Trinajstić information content (AvgIpc) is 2.76. The number of carboxylic acids is 1. The lowest BCUT2D eigenvalue weighted by atomic mass is 9.82. The van der Waals surface area contributed by atoms with Gasteiger partial charge in [0, 0.05) is 12.6 Å². The van der Waals surface area contributed by atoms with E-state index in [1.54, 1.807) is 18.2 Å². The summed E-state index contributed by atoms with van der Waals surface area (Å²) in [5.41, 5.74) is 6.64. The van der Waals surface area contributed by atoms with Gasteiger partial charge < -0.3 is 20.9 Å². The third kappa shape index (κ3) is 6.42. The lowest BCUT2D eigenvalue weighted by Gasteiger charge is -2.29. The lowest BCUT2D eigenvalue weighted by molar-refractivity contribution is -0.142. The van der Waals surface area contributed by atoms with E-state index < -0.39 is 11.8 Å². The third-order valence-electron chi connectivity index (χ3n) is 5.55.